The first kappa shape index (κ1) is 20.1. The topological polar surface area (TPSA) is 93.8 Å². The van der Waals surface area contributed by atoms with E-state index in [2.05, 4.69) is 10.3 Å². The molecule has 0 saturated carbocycles. The Labute approximate surface area is 146 Å². The summed E-state index contributed by atoms with van der Waals surface area (Å²) in [5, 5.41) is 4.75. The molecule has 0 spiro atoms. The molecule has 0 aliphatic carbocycles. The molecule has 128 valence electrons. The van der Waals surface area contributed by atoms with E-state index in [1.807, 2.05) is 13.1 Å². The predicted octanol–water partition coefficient (Wildman–Crippen LogP) is 1.47. The zero-order valence-electron chi connectivity index (χ0n) is 12.5. The van der Waals surface area contributed by atoms with Crippen LogP contribution in [0.3, 0.4) is 0 Å². The summed E-state index contributed by atoms with van der Waals surface area (Å²) in [7, 11) is -1.70. The van der Waals surface area contributed by atoms with E-state index in [0.29, 0.717) is 23.5 Å². The second-order valence-electron chi connectivity index (χ2n) is 5.11. The molecule has 1 aromatic carbocycles. The summed E-state index contributed by atoms with van der Waals surface area (Å²) in [4.78, 5) is 4.26. The standard InChI is InChI=1S/C14H16ClN3O2S.ClH.H2O/c1-16-11-5-6-18(9-11)21(19,20)13-4-2-3-10-7-17-8-12(15)14(10)13;;/h2-4,7-8,11,16H,5-6,9H2,1H3;1H;1H2/t11-;;/m0../s1. The van der Waals surface area contributed by atoms with Gasteiger partial charge in [-0.25, -0.2) is 8.42 Å². The molecular formula is C14H19Cl2N3O3S. The van der Waals surface area contributed by atoms with Gasteiger partial charge in [0, 0.05) is 42.3 Å². The number of benzene rings is 1. The molecule has 1 aliphatic heterocycles. The van der Waals surface area contributed by atoms with Gasteiger partial charge in [-0.05, 0) is 19.5 Å². The fraction of sp³-hybridized carbons (Fsp3) is 0.357. The molecule has 0 unspecified atom stereocenters. The van der Waals surface area contributed by atoms with Crippen molar-refractivity contribution in [2.45, 2.75) is 17.4 Å². The number of hydrogen-bond donors (Lipinski definition) is 1. The molecule has 3 rings (SSSR count). The van der Waals surface area contributed by atoms with E-state index in [1.54, 1.807) is 18.3 Å². The zero-order chi connectivity index (χ0) is 15.0. The van der Waals surface area contributed by atoms with E-state index >= 15 is 0 Å². The smallest absolute Gasteiger partial charge is 0.243 e. The van der Waals surface area contributed by atoms with Gasteiger partial charge >= 0.3 is 0 Å². The van der Waals surface area contributed by atoms with Crippen molar-refractivity contribution in [1.82, 2.24) is 14.6 Å². The SMILES string of the molecule is CN[C@H]1CCN(S(=O)(=O)c2cccc3cncc(Cl)c23)C1.Cl.O. The van der Waals surface area contributed by atoms with Gasteiger partial charge in [-0.15, -0.1) is 12.4 Å². The van der Waals surface area contributed by atoms with Crippen LogP contribution in [0.4, 0.5) is 0 Å². The number of rotatable bonds is 3. The van der Waals surface area contributed by atoms with Crippen LogP contribution in [0, 0.1) is 0 Å². The van der Waals surface area contributed by atoms with Crippen LogP contribution in [0.25, 0.3) is 10.8 Å². The molecule has 2 aromatic rings. The Morgan fingerprint density at radius 3 is 2.74 bits per heavy atom. The van der Waals surface area contributed by atoms with Crippen LogP contribution in [-0.4, -0.2) is 49.4 Å². The summed E-state index contributed by atoms with van der Waals surface area (Å²) in [5.74, 6) is 0. The summed E-state index contributed by atoms with van der Waals surface area (Å²) in [6, 6.07) is 5.34. The van der Waals surface area contributed by atoms with E-state index in [-0.39, 0.29) is 28.8 Å². The molecule has 1 fully saturated rings. The minimum atomic E-state index is -3.55. The first-order valence-electron chi connectivity index (χ1n) is 6.73. The first-order valence-corrected chi connectivity index (χ1v) is 8.55. The maximum absolute atomic E-state index is 12.9. The number of nitrogens with one attached hydrogen (secondary N) is 1. The normalized spacial score (nSPS) is 18.4. The summed E-state index contributed by atoms with van der Waals surface area (Å²) in [6.07, 6.45) is 3.92. The number of halogens is 2. The lowest BCUT2D eigenvalue weighted by Gasteiger charge is -2.18. The number of likely N-dealkylation sites (N-methyl/N-ethyl adjacent to an activating group) is 1. The van der Waals surface area contributed by atoms with Crippen LogP contribution in [0.2, 0.25) is 5.02 Å². The average molecular weight is 380 g/mol. The predicted molar refractivity (Wildman–Crippen MR) is 93.8 cm³/mol. The number of hydrogen-bond acceptors (Lipinski definition) is 4. The van der Waals surface area contributed by atoms with Crippen LogP contribution in [-0.2, 0) is 10.0 Å². The van der Waals surface area contributed by atoms with Crippen LogP contribution in [0.1, 0.15) is 6.42 Å². The first-order chi connectivity index (χ1) is 10.0. The van der Waals surface area contributed by atoms with Crippen molar-refractivity contribution in [2.24, 2.45) is 0 Å². The highest BCUT2D eigenvalue weighted by atomic mass is 35.5. The summed E-state index contributed by atoms with van der Waals surface area (Å²) in [5.41, 5.74) is 0. The Hall–Kier alpha value is -0.960. The lowest BCUT2D eigenvalue weighted by molar-refractivity contribution is 0.465. The zero-order valence-corrected chi connectivity index (χ0v) is 14.9. The Morgan fingerprint density at radius 2 is 2.09 bits per heavy atom. The molecule has 0 amide bonds. The summed E-state index contributed by atoms with van der Waals surface area (Å²) in [6.45, 7) is 1.00. The quantitative estimate of drug-likeness (QED) is 0.873. The second-order valence-corrected chi connectivity index (χ2v) is 7.43. The third kappa shape index (κ3) is 3.60. The van der Waals surface area contributed by atoms with E-state index in [4.69, 9.17) is 11.6 Å². The Balaban J connectivity index is 0.00000132. The minimum absolute atomic E-state index is 0. The van der Waals surface area contributed by atoms with E-state index in [9.17, 15) is 8.42 Å². The number of aromatic nitrogens is 1. The fourth-order valence-electron chi connectivity index (χ4n) is 2.70. The highest BCUT2D eigenvalue weighted by Crippen LogP contribution is 2.31. The van der Waals surface area contributed by atoms with Gasteiger partial charge in [0.2, 0.25) is 10.0 Å². The average Bonchev–Trinajstić information content (AvgIpc) is 2.97. The Kier molecular flexibility index (Phi) is 6.76. The van der Waals surface area contributed by atoms with E-state index in [0.717, 1.165) is 11.8 Å². The molecule has 0 radical (unpaired) electrons. The minimum Gasteiger partial charge on any atom is -0.412 e. The monoisotopic (exact) mass is 379 g/mol. The van der Waals surface area contributed by atoms with Gasteiger partial charge in [-0.2, -0.15) is 4.31 Å². The van der Waals surface area contributed by atoms with Gasteiger partial charge in [0.05, 0.1) is 9.92 Å². The largest absolute Gasteiger partial charge is 0.412 e. The molecule has 2 heterocycles. The number of fused-ring (bicyclic) bond motifs is 1. The van der Waals surface area contributed by atoms with Crippen molar-refractivity contribution in [2.75, 3.05) is 20.1 Å². The van der Waals surface area contributed by atoms with E-state index < -0.39 is 10.0 Å². The third-order valence-corrected chi connectivity index (χ3v) is 6.07. The van der Waals surface area contributed by atoms with Crippen molar-refractivity contribution in [3.05, 3.63) is 35.6 Å². The molecule has 6 nitrogen and oxygen atoms in total. The van der Waals surface area contributed by atoms with Crippen LogP contribution < -0.4 is 5.32 Å². The molecule has 0 bridgehead atoms. The third-order valence-electron chi connectivity index (χ3n) is 3.88. The maximum atomic E-state index is 12.9. The molecule has 9 heteroatoms. The van der Waals surface area contributed by atoms with Gasteiger partial charge in [0.1, 0.15) is 0 Å². The number of sulfonamides is 1. The molecular weight excluding hydrogens is 361 g/mol. The number of pyridine rings is 1. The van der Waals surface area contributed by atoms with Crippen molar-refractivity contribution >= 4 is 44.8 Å². The molecule has 1 saturated heterocycles. The van der Waals surface area contributed by atoms with E-state index in [1.165, 1.54) is 10.5 Å². The lowest BCUT2D eigenvalue weighted by Crippen LogP contribution is -2.33. The Bertz CT molecular complexity index is 781. The van der Waals surface area contributed by atoms with Crippen molar-refractivity contribution in [3.63, 3.8) is 0 Å². The van der Waals surface area contributed by atoms with Gasteiger partial charge in [0.15, 0.2) is 0 Å². The van der Waals surface area contributed by atoms with Gasteiger partial charge in [-0.1, -0.05) is 23.7 Å². The lowest BCUT2D eigenvalue weighted by atomic mass is 10.2. The fourth-order valence-corrected chi connectivity index (χ4v) is 4.75. The number of nitrogens with zero attached hydrogens (tertiary/aromatic N) is 2. The van der Waals surface area contributed by atoms with Crippen molar-refractivity contribution in [1.29, 1.82) is 0 Å². The molecule has 3 N–H and O–H groups in total. The molecule has 1 aliphatic rings. The summed E-state index contributed by atoms with van der Waals surface area (Å²) < 4.78 is 27.3. The molecule has 1 atom stereocenters. The van der Waals surface area contributed by atoms with Crippen LogP contribution in [0.5, 0.6) is 0 Å². The van der Waals surface area contributed by atoms with Crippen LogP contribution in [0.15, 0.2) is 35.5 Å². The Morgan fingerprint density at radius 1 is 1.35 bits per heavy atom. The van der Waals surface area contributed by atoms with Crippen molar-refractivity contribution < 1.29 is 13.9 Å². The summed E-state index contributed by atoms with van der Waals surface area (Å²) >= 11 is 6.17. The highest BCUT2D eigenvalue weighted by molar-refractivity contribution is 7.89. The van der Waals surface area contributed by atoms with Crippen molar-refractivity contribution in [3.8, 4) is 0 Å². The maximum Gasteiger partial charge on any atom is 0.243 e. The highest BCUT2D eigenvalue weighted by Gasteiger charge is 2.33. The van der Waals surface area contributed by atoms with Gasteiger partial charge in [-0.3, -0.25) is 4.98 Å². The second kappa shape index (κ2) is 7.74. The molecule has 1 aromatic heterocycles. The van der Waals surface area contributed by atoms with Crippen LogP contribution >= 0.6 is 24.0 Å². The van der Waals surface area contributed by atoms with Gasteiger partial charge in [0.25, 0.3) is 0 Å². The molecule has 23 heavy (non-hydrogen) atoms. The van der Waals surface area contributed by atoms with Gasteiger partial charge < -0.3 is 10.8 Å².